The fraction of sp³-hybridized carbons (Fsp3) is 0.200. The molecular weight excluding hydrogens is 503 g/mol. The summed E-state index contributed by atoms with van der Waals surface area (Å²) in [5.41, 5.74) is 11.6. The van der Waals surface area contributed by atoms with Gasteiger partial charge in [-0.2, -0.15) is 0 Å². The average molecular weight is 529 g/mol. The number of nitrogens with zero attached hydrogens (tertiary/aromatic N) is 3. The van der Waals surface area contributed by atoms with Crippen LogP contribution in [-0.4, -0.2) is 14.1 Å². The zero-order chi connectivity index (χ0) is 25.7. The Labute approximate surface area is 225 Å². The predicted octanol–water partition coefficient (Wildman–Crippen LogP) is 6.80. The number of hydrogen-bond donors (Lipinski definition) is 1. The number of nitrogens with two attached hydrogens (primary N) is 1. The fourth-order valence-electron chi connectivity index (χ4n) is 5.54. The summed E-state index contributed by atoms with van der Waals surface area (Å²) in [6, 6.07) is 22.9. The van der Waals surface area contributed by atoms with Crippen LogP contribution in [0.3, 0.4) is 0 Å². The minimum atomic E-state index is -0.484. The van der Waals surface area contributed by atoms with Gasteiger partial charge < -0.3 is 10.3 Å². The molecule has 2 atom stereocenters. The summed E-state index contributed by atoms with van der Waals surface area (Å²) >= 11 is 12.6. The van der Waals surface area contributed by atoms with Crippen molar-refractivity contribution >= 4 is 39.8 Å². The van der Waals surface area contributed by atoms with E-state index >= 15 is 0 Å². The van der Waals surface area contributed by atoms with Crippen LogP contribution in [0, 0.1) is 5.92 Å². The second-order valence-corrected chi connectivity index (χ2v) is 10.7. The van der Waals surface area contributed by atoms with E-state index in [0.29, 0.717) is 21.7 Å². The Balaban J connectivity index is 1.63. The Hall–Kier alpha value is -3.54. The number of aromatic nitrogens is 3. The first-order valence-electron chi connectivity index (χ1n) is 12.3. The van der Waals surface area contributed by atoms with E-state index in [4.69, 9.17) is 28.9 Å². The minimum Gasteiger partial charge on any atom is -0.398 e. The van der Waals surface area contributed by atoms with E-state index in [9.17, 15) is 4.79 Å². The summed E-state index contributed by atoms with van der Waals surface area (Å²) in [6.07, 6.45) is 5.78. The summed E-state index contributed by atoms with van der Waals surface area (Å²) in [7, 11) is 1.92. The molecule has 7 heteroatoms. The quantitative estimate of drug-likeness (QED) is 0.246. The lowest BCUT2D eigenvalue weighted by atomic mass is 9.85. The van der Waals surface area contributed by atoms with Crippen LogP contribution in [0.2, 0.25) is 10.0 Å². The number of para-hydroxylation sites is 1. The molecule has 37 heavy (non-hydrogen) atoms. The third kappa shape index (κ3) is 4.32. The van der Waals surface area contributed by atoms with Crippen molar-refractivity contribution in [2.45, 2.75) is 24.8 Å². The van der Waals surface area contributed by atoms with Crippen molar-refractivity contribution in [3.05, 3.63) is 128 Å². The van der Waals surface area contributed by atoms with Crippen molar-refractivity contribution in [2.75, 3.05) is 5.73 Å². The van der Waals surface area contributed by atoms with Crippen molar-refractivity contribution in [1.29, 1.82) is 0 Å². The van der Waals surface area contributed by atoms with Gasteiger partial charge in [0.15, 0.2) is 0 Å². The fourth-order valence-corrected chi connectivity index (χ4v) is 5.92. The Morgan fingerprint density at radius 1 is 0.946 bits per heavy atom. The zero-order valence-electron chi connectivity index (χ0n) is 20.3. The second-order valence-electron chi connectivity index (χ2n) is 9.80. The SMILES string of the molecule is Cn1cncc1C(c1ccc(Cl)cc1N)n1c(=O)cc(C(c2cccc(Cl)c2)C2CC2)c2ccccc21. The van der Waals surface area contributed by atoms with E-state index in [0.717, 1.165) is 46.1 Å². The number of rotatable bonds is 6. The molecule has 2 unspecified atom stereocenters. The number of halogens is 2. The number of benzene rings is 3. The van der Waals surface area contributed by atoms with Gasteiger partial charge in [-0.1, -0.05) is 59.6 Å². The Morgan fingerprint density at radius 3 is 2.43 bits per heavy atom. The first-order valence-corrected chi connectivity index (χ1v) is 13.1. The first-order chi connectivity index (χ1) is 17.9. The van der Waals surface area contributed by atoms with Gasteiger partial charge in [0.25, 0.3) is 5.56 Å². The van der Waals surface area contributed by atoms with E-state index in [1.165, 1.54) is 0 Å². The van der Waals surface area contributed by atoms with E-state index < -0.39 is 6.04 Å². The molecule has 2 aromatic heterocycles. The molecule has 0 bridgehead atoms. The molecule has 1 aliphatic rings. The third-order valence-corrected chi connectivity index (χ3v) is 7.83. The molecule has 1 fully saturated rings. The Kier molecular flexibility index (Phi) is 6.06. The van der Waals surface area contributed by atoms with Gasteiger partial charge in [-0.25, -0.2) is 4.98 Å². The van der Waals surface area contributed by atoms with Crippen LogP contribution in [0.15, 0.2) is 90.1 Å². The monoisotopic (exact) mass is 528 g/mol. The summed E-state index contributed by atoms with van der Waals surface area (Å²) in [4.78, 5) is 18.5. The van der Waals surface area contributed by atoms with Crippen molar-refractivity contribution in [2.24, 2.45) is 13.0 Å². The lowest BCUT2D eigenvalue weighted by Gasteiger charge is -2.27. The molecule has 3 aromatic carbocycles. The highest BCUT2D eigenvalue weighted by molar-refractivity contribution is 6.31. The maximum absolute atomic E-state index is 14.1. The highest BCUT2D eigenvalue weighted by Crippen LogP contribution is 2.48. The van der Waals surface area contributed by atoms with E-state index in [1.807, 2.05) is 64.7 Å². The summed E-state index contributed by atoms with van der Waals surface area (Å²) in [5, 5.41) is 2.29. The highest BCUT2D eigenvalue weighted by atomic mass is 35.5. The van der Waals surface area contributed by atoms with Crippen LogP contribution in [0.1, 0.15) is 47.2 Å². The molecule has 0 spiro atoms. The molecule has 6 rings (SSSR count). The number of fused-ring (bicyclic) bond motifs is 1. The zero-order valence-corrected chi connectivity index (χ0v) is 21.8. The normalized spacial score (nSPS) is 15.1. The van der Waals surface area contributed by atoms with Crippen LogP contribution in [0.5, 0.6) is 0 Å². The van der Waals surface area contributed by atoms with Crippen molar-refractivity contribution in [3.63, 3.8) is 0 Å². The Morgan fingerprint density at radius 2 is 1.73 bits per heavy atom. The van der Waals surface area contributed by atoms with Gasteiger partial charge in [0.05, 0.1) is 23.7 Å². The van der Waals surface area contributed by atoms with E-state index in [2.05, 4.69) is 17.1 Å². The topological polar surface area (TPSA) is 65.8 Å². The predicted molar refractivity (Wildman–Crippen MR) is 151 cm³/mol. The standard InChI is InChI=1S/C30H26Cl2N4O/c1-35-17-34-16-27(35)30(23-12-11-21(32)14-25(23)33)36-26-8-3-2-7-22(26)24(15-28(36)37)29(18-9-10-18)19-5-4-6-20(31)13-19/h2-8,11-18,29-30H,9-10,33H2,1H3. The molecule has 5 nitrogen and oxygen atoms in total. The third-order valence-electron chi connectivity index (χ3n) is 7.36. The average Bonchev–Trinajstić information content (AvgIpc) is 3.62. The van der Waals surface area contributed by atoms with Crippen molar-refractivity contribution in [1.82, 2.24) is 14.1 Å². The van der Waals surface area contributed by atoms with Crippen LogP contribution in [0.4, 0.5) is 5.69 Å². The molecule has 1 saturated carbocycles. The minimum absolute atomic E-state index is 0.0954. The smallest absolute Gasteiger partial charge is 0.252 e. The molecule has 2 heterocycles. The number of hydrogen-bond acceptors (Lipinski definition) is 3. The number of anilines is 1. The molecule has 0 aliphatic heterocycles. The number of nitrogen functional groups attached to an aromatic ring is 1. The van der Waals surface area contributed by atoms with Gasteiger partial charge >= 0.3 is 0 Å². The summed E-state index contributed by atoms with van der Waals surface area (Å²) < 4.78 is 3.75. The Bertz CT molecular complexity index is 1690. The van der Waals surface area contributed by atoms with Gasteiger partial charge in [0.1, 0.15) is 6.04 Å². The van der Waals surface area contributed by atoms with Crippen LogP contribution in [0.25, 0.3) is 10.9 Å². The van der Waals surface area contributed by atoms with E-state index in [-0.39, 0.29) is 11.5 Å². The van der Waals surface area contributed by atoms with Crippen molar-refractivity contribution in [3.8, 4) is 0 Å². The second kappa shape index (κ2) is 9.40. The van der Waals surface area contributed by atoms with Crippen molar-refractivity contribution < 1.29 is 0 Å². The van der Waals surface area contributed by atoms with Gasteiger partial charge in [-0.15, -0.1) is 0 Å². The maximum atomic E-state index is 14.1. The number of pyridine rings is 1. The van der Waals surface area contributed by atoms with Crippen LogP contribution in [-0.2, 0) is 7.05 Å². The maximum Gasteiger partial charge on any atom is 0.252 e. The molecule has 0 amide bonds. The molecule has 186 valence electrons. The molecule has 5 aromatic rings. The molecular formula is C30H26Cl2N4O. The first kappa shape index (κ1) is 23.8. The van der Waals surface area contributed by atoms with Crippen LogP contribution < -0.4 is 11.3 Å². The molecule has 0 saturated heterocycles. The van der Waals surface area contributed by atoms with Crippen LogP contribution >= 0.6 is 23.2 Å². The lowest BCUT2D eigenvalue weighted by molar-refractivity contribution is 0.624. The molecule has 0 radical (unpaired) electrons. The number of imidazole rings is 1. The molecule has 2 N–H and O–H groups in total. The van der Waals surface area contributed by atoms with E-state index in [1.54, 1.807) is 24.7 Å². The summed E-state index contributed by atoms with van der Waals surface area (Å²) in [5.74, 6) is 0.582. The number of aryl methyl sites for hydroxylation is 1. The van der Waals surface area contributed by atoms with Gasteiger partial charge in [0.2, 0.25) is 0 Å². The molecule has 1 aliphatic carbocycles. The van der Waals surface area contributed by atoms with Gasteiger partial charge in [-0.3, -0.25) is 9.36 Å². The summed E-state index contributed by atoms with van der Waals surface area (Å²) in [6.45, 7) is 0. The largest absolute Gasteiger partial charge is 0.398 e. The lowest BCUT2D eigenvalue weighted by Crippen LogP contribution is -2.29. The van der Waals surface area contributed by atoms with Gasteiger partial charge in [0, 0.05) is 45.7 Å². The van der Waals surface area contributed by atoms with Gasteiger partial charge in [-0.05, 0) is 60.2 Å². The highest BCUT2D eigenvalue weighted by Gasteiger charge is 2.35.